The molecular weight excluding hydrogens is 151 g/mol. The Morgan fingerprint density at radius 3 is 2.42 bits per heavy atom. The molecule has 0 aromatic rings. The topological polar surface area (TPSA) is 18.5 Å². The molecule has 0 aromatic carbocycles. The van der Waals surface area contributed by atoms with Crippen molar-refractivity contribution in [3.8, 4) is 0 Å². The van der Waals surface area contributed by atoms with E-state index >= 15 is 0 Å². The highest BCUT2D eigenvalue weighted by Gasteiger charge is 2.45. The van der Waals surface area contributed by atoms with Gasteiger partial charge >= 0.3 is 0 Å². The van der Waals surface area contributed by atoms with Gasteiger partial charge in [0.05, 0.1) is 12.2 Å². The van der Waals surface area contributed by atoms with Crippen molar-refractivity contribution in [1.29, 1.82) is 0 Å². The maximum Gasteiger partial charge on any atom is 0.139 e. The van der Waals surface area contributed by atoms with Crippen LogP contribution >= 0.6 is 0 Å². The molecule has 0 bridgehead atoms. The van der Waals surface area contributed by atoms with E-state index in [1.165, 1.54) is 0 Å². The standard InChI is InChI=1S/C9H19BO2/c1-6-7(2)9(3,5-11-4)12-8(6)10/h6-8H,5,10H2,1-4H3/t6-,7+,8-,9-/m0/s1. The van der Waals surface area contributed by atoms with Crippen LogP contribution in [0.1, 0.15) is 20.8 Å². The smallest absolute Gasteiger partial charge is 0.139 e. The molecule has 0 spiro atoms. The van der Waals surface area contributed by atoms with E-state index in [1.54, 1.807) is 7.11 Å². The molecule has 3 heteroatoms. The summed E-state index contributed by atoms with van der Waals surface area (Å²) >= 11 is 0. The normalized spacial score (nSPS) is 48.2. The monoisotopic (exact) mass is 170 g/mol. The molecule has 0 unspecified atom stereocenters. The third kappa shape index (κ3) is 1.53. The Balaban J connectivity index is 2.67. The molecule has 1 aliphatic heterocycles. The average Bonchev–Trinajstić information content (AvgIpc) is 2.17. The van der Waals surface area contributed by atoms with E-state index < -0.39 is 0 Å². The van der Waals surface area contributed by atoms with E-state index in [-0.39, 0.29) is 5.60 Å². The first-order valence-corrected chi connectivity index (χ1v) is 4.68. The minimum absolute atomic E-state index is 0.0758. The first-order valence-electron chi connectivity index (χ1n) is 4.68. The Morgan fingerprint density at radius 2 is 2.08 bits per heavy atom. The van der Waals surface area contributed by atoms with Gasteiger partial charge in [0.15, 0.2) is 0 Å². The summed E-state index contributed by atoms with van der Waals surface area (Å²) in [5.74, 6) is 1.21. The van der Waals surface area contributed by atoms with Gasteiger partial charge in [0.1, 0.15) is 7.85 Å². The molecular formula is C9H19BO2. The van der Waals surface area contributed by atoms with E-state index in [4.69, 9.17) is 9.47 Å². The van der Waals surface area contributed by atoms with Crippen LogP contribution in [0.3, 0.4) is 0 Å². The first-order chi connectivity index (χ1) is 5.51. The van der Waals surface area contributed by atoms with Crippen LogP contribution in [0.4, 0.5) is 0 Å². The Hall–Kier alpha value is -0.0151. The number of ether oxygens (including phenoxy) is 2. The average molecular weight is 170 g/mol. The van der Waals surface area contributed by atoms with Gasteiger partial charge in [-0.15, -0.1) is 0 Å². The van der Waals surface area contributed by atoms with E-state index in [1.807, 2.05) is 0 Å². The van der Waals surface area contributed by atoms with Gasteiger partial charge in [0, 0.05) is 13.1 Å². The lowest BCUT2D eigenvalue weighted by Gasteiger charge is -2.28. The van der Waals surface area contributed by atoms with Crippen LogP contribution in [0.15, 0.2) is 0 Å². The fourth-order valence-electron chi connectivity index (χ4n) is 2.05. The summed E-state index contributed by atoms with van der Waals surface area (Å²) in [6.45, 7) is 7.33. The number of hydrogen-bond donors (Lipinski definition) is 0. The second-order valence-corrected chi connectivity index (χ2v) is 4.22. The molecule has 0 N–H and O–H groups in total. The maximum atomic E-state index is 5.89. The van der Waals surface area contributed by atoms with Crippen LogP contribution in [-0.4, -0.2) is 33.2 Å². The van der Waals surface area contributed by atoms with Crippen LogP contribution in [-0.2, 0) is 9.47 Å². The molecule has 2 nitrogen and oxygen atoms in total. The summed E-state index contributed by atoms with van der Waals surface area (Å²) in [4.78, 5) is 0. The molecule has 1 saturated heterocycles. The molecule has 0 saturated carbocycles. The van der Waals surface area contributed by atoms with Crippen molar-refractivity contribution in [2.24, 2.45) is 11.8 Å². The van der Waals surface area contributed by atoms with Crippen LogP contribution in [0.5, 0.6) is 0 Å². The first kappa shape index (κ1) is 10.1. The largest absolute Gasteiger partial charge is 0.382 e. The Morgan fingerprint density at radius 1 is 1.50 bits per heavy atom. The highest BCUT2D eigenvalue weighted by atomic mass is 16.5. The molecule has 1 heterocycles. The van der Waals surface area contributed by atoms with Crippen molar-refractivity contribution in [2.45, 2.75) is 32.4 Å². The van der Waals surface area contributed by atoms with Crippen molar-refractivity contribution in [1.82, 2.24) is 0 Å². The van der Waals surface area contributed by atoms with Gasteiger partial charge in [-0.2, -0.15) is 0 Å². The van der Waals surface area contributed by atoms with E-state index in [2.05, 4.69) is 28.6 Å². The molecule has 0 aliphatic carbocycles. The van der Waals surface area contributed by atoms with E-state index in [0.717, 1.165) is 0 Å². The van der Waals surface area contributed by atoms with Crippen LogP contribution < -0.4 is 0 Å². The highest BCUT2D eigenvalue weighted by molar-refractivity contribution is 6.11. The van der Waals surface area contributed by atoms with E-state index in [9.17, 15) is 0 Å². The predicted octanol–water partition coefficient (Wildman–Crippen LogP) is 0.653. The quantitative estimate of drug-likeness (QED) is 0.566. The Bertz CT molecular complexity index is 163. The minimum atomic E-state index is -0.0758. The van der Waals surface area contributed by atoms with Gasteiger partial charge in [0.25, 0.3) is 0 Å². The molecule has 0 radical (unpaired) electrons. The van der Waals surface area contributed by atoms with Crippen LogP contribution in [0, 0.1) is 11.8 Å². The molecule has 0 amide bonds. The van der Waals surface area contributed by atoms with Gasteiger partial charge in [-0.3, -0.25) is 0 Å². The molecule has 0 aromatic heterocycles. The van der Waals surface area contributed by atoms with Gasteiger partial charge < -0.3 is 9.47 Å². The molecule has 1 fully saturated rings. The van der Waals surface area contributed by atoms with Gasteiger partial charge in [-0.05, 0) is 18.8 Å². The summed E-state index contributed by atoms with van der Waals surface area (Å²) in [5, 5.41) is 0. The molecule has 1 rings (SSSR count). The van der Waals surface area contributed by atoms with Crippen molar-refractivity contribution in [2.75, 3.05) is 13.7 Å². The number of methoxy groups -OCH3 is 1. The fourth-order valence-corrected chi connectivity index (χ4v) is 2.05. The SMILES string of the molecule is B[C@H]1O[C@@](C)(COC)[C@H](C)[C@@H]1C. The van der Waals surface area contributed by atoms with Crippen molar-refractivity contribution >= 4 is 7.85 Å². The summed E-state index contributed by atoms with van der Waals surface area (Å²) in [7, 11) is 3.87. The fraction of sp³-hybridized carbons (Fsp3) is 1.00. The summed E-state index contributed by atoms with van der Waals surface area (Å²) in [5.41, 5.74) is -0.0758. The summed E-state index contributed by atoms with van der Waals surface area (Å²) in [6.07, 6.45) is 0. The zero-order valence-corrected chi connectivity index (χ0v) is 8.76. The Kier molecular flexibility index (Phi) is 2.84. The predicted molar refractivity (Wildman–Crippen MR) is 52.0 cm³/mol. The lowest BCUT2D eigenvalue weighted by Crippen LogP contribution is -2.36. The molecule has 70 valence electrons. The molecule has 1 aliphatic rings. The third-order valence-corrected chi connectivity index (χ3v) is 3.38. The maximum absolute atomic E-state index is 5.89. The third-order valence-electron chi connectivity index (χ3n) is 3.38. The van der Waals surface area contributed by atoms with E-state index in [0.29, 0.717) is 24.4 Å². The second kappa shape index (κ2) is 3.39. The van der Waals surface area contributed by atoms with Gasteiger partial charge in [-0.1, -0.05) is 13.8 Å². The lowest BCUT2D eigenvalue weighted by atomic mass is 9.78. The van der Waals surface area contributed by atoms with Gasteiger partial charge in [-0.25, -0.2) is 0 Å². The Labute approximate surface area is 76.0 Å². The number of rotatable bonds is 2. The minimum Gasteiger partial charge on any atom is -0.382 e. The second-order valence-electron chi connectivity index (χ2n) is 4.22. The highest BCUT2D eigenvalue weighted by Crippen LogP contribution is 2.38. The zero-order chi connectivity index (χ0) is 9.35. The number of hydrogen-bond acceptors (Lipinski definition) is 2. The van der Waals surface area contributed by atoms with Crippen molar-refractivity contribution in [3.63, 3.8) is 0 Å². The van der Waals surface area contributed by atoms with Crippen molar-refractivity contribution in [3.05, 3.63) is 0 Å². The zero-order valence-electron chi connectivity index (χ0n) is 8.76. The van der Waals surface area contributed by atoms with Crippen LogP contribution in [0.25, 0.3) is 0 Å². The molecule has 12 heavy (non-hydrogen) atoms. The molecule has 4 atom stereocenters. The summed E-state index contributed by atoms with van der Waals surface area (Å²) in [6, 6.07) is 0.361. The summed E-state index contributed by atoms with van der Waals surface area (Å²) < 4.78 is 11.1. The van der Waals surface area contributed by atoms with Crippen LogP contribution in [0.2, 0.25) is 0 Å². The van der Waals surface area contributed by atoms with Crippen molar-refractivity contribution < 1.29 is 9.47 Å². The lowest BCUT2D eigenvalue weighted by molar-refractivity contribution is -0.0661. The van der Waals surface area contributed by atoms with Gasteiger partial charge in [0.2, 0.25) is 0 Å².